The van der Waals surface area contributed by atoms with E-state index >= 15 is 0 Å². The molecule has 0 bridgehead atoms. The number of rotatable bonds is 13. The van der Waals surface area contributed by atoms with Gasteiger partial charge in [-0.2, -0.15) is 10.4 Å². The summed E-state index contributed by atoms with van der Waals surface area (Å²) >= 11 is 0. The molecular formula is C38H49N5O4S. The predicted octanol–water partition coefficient (Wildman–Crippen LogP) is 6.01. The summed E-state index contributed by atoms with van der Waals surface area (Å²) in [6.07, 6.45) is 11.8. The maximum Gasteiger partial charge on any atom is 0.305 e. The van der Waals surface area contributed by atoms with Gasteiger partial charge < -0.3 is 14.5 Å². The third kappa shape index (κ3) is 7.04. The predicted molar refractivity (Wildman–Crippen MR) is 185 cm³/mol. The van der Waals surface area contributed by atoms with E-state index in [1.54, 1.807) is 19.2 Å². The minimum absolute atomic E-state index is 0.140. The van der Waals surface area contributed by atoms with Crippen LogP contribution >= 0.6 is 0 Å². The van der Waals surface area contributed by atoms with E-state index < -0.39 is 15.3 Å². The van der Waals surface area contributed by atoms with E-state index in [2.05, 4.69) is 45.2 Å². The number of aromatic nitrogens is 2. The van der Waals surface area contributed by atoms with Gasteiger partial charge in [-0.05, 0) is 86.4 Å². The van der Waals surface area contributed by atoms with Crippen LogP contribution in [0.5, 0.6) is 0 Å². The molecule has 0 amide bonds. The van der Waals surface area contributed by atoms with Gasteiger partial charge in [-0.25, -0.2) is 8.42 Å². The highest BCUT2D eigenvalue weighted by molar-refractivity contribution is 7.91. The number of esters is 1. The van der Waals surface area contributed by atoms with Crippen LogP contribution in [0.25, 0.3) is 0 Å². The average Bonchev–Trinajstić information content (AvgIpc) is 3.76. The Morgan fingerprint density at radius 1 is 1.00 bits per heavy atom. The van der Waals surface area contributed by atoms with E-state index in [1.165, 1.54) is 42.6 Å². The number of piperidine rings is 1. The molecule has 2 saturated heterocycles. The van der Waals surface area contributed by atoms with Crippen molar-refractivity contribution in [3.05, 3.63) is 72.6 Å². The number of aryl methyl sites for hydroxylation is 1. The first-order valence-corrected chi connectivity index (χ1v) is 19.1. The number of unbranched alkanes of at least 4 members (excludes halogenated alkanes) is 1. The highest BCUT2D eigenvalue weighted by atomic mass is 32.2. The molecule has 1 unspecified atom stereocenters. The minimum atomic E-state index is -3.58. The Bertz CT molecular complexity index is 1670. The number of benzene rings is 2. The number of sulfone groups is 1. The SMILES string of the molecule is COC(=O)CCCC[C@@H]1CCC[C@H]1C(C#N)(c1ccccc1)C1CCN(CC2CN(c3ccc(S(=O)(=O)c4cnn(C)c4)cc3)C2)CC1. The number of hydrogen-bond acceptors (Lipinski definition) is 8. The van der Waals surface area contributed by atoms with E-state index in [0.29, 0.717) is 30.1 Å². The molecule has 1 aliphatic carbocycles. The van der Waals surface area contributed by atoms with Crippen LogP contribution < -0.4 is 4.90 Å². The fourth-order valence-corrected chi connectivity index (χ4v) is 10.1. The van der Waals surface area contributed by atoms with Crippen LogP contribution in [0.3, 0.4) is 0 Å². The van der Waals surface area contributed by atoms with Crippen molar-refractivity contribution in [2.24, 2.45) is 30.7 Å². The van der Waals surface area contributed by atoms with Crippen molar-refractivity contribution in [1.29, 1.82) is 5.26 Å². The molecule has 0 N–H and O–H groups in total. The van der Waals surface area contributed by atoms with Crippen molar-refractivity contribution >= 4 is 21.5 Å². The van der Waals surface area contributed by atoms with E-state index in [9.17, 15) is 18.5 Å². The monoisotopic (exact) mass is 671 g/mol. The molecule has 3 aliphatic rings. The maximum atomic E-state index is 12.9. The van der Waals surface area contributed by atoms with E-state index in [4.69, 9.17) is 4.74 Å². The molecule has 1 saturated carbocycles. The van der Waals surface area contributed by atoms with Gasteiger partial charge >= 0.3 is 5.97 Å². The minimum Gasteiger partial charge on any atom is -0.469 e. The summed E-state index contributed by atoms with van der Waals surface area (Å²) in [5.74, 6) is 1.59. The van der Waals surface area contributed by atoms with Gasteiger partial charge in [-0.3, -0.25) is 9.48 Å². The summed E-state index contributed by atoms with van der Waals surface area (Å²) in [6, 6.07) is 20.8. The zero-order chi connectivity index (χ0) is 33.7. The zero-order valence-corrected chi connectivity index (χ0v) is 29.2. The first-order valence-electron chi connectivity index (χ1n) is 17.6. The summed E-state index contributed by atoms with van der Waals surface area (Å²) < 4.78 is 32.2. The summed E-state index contributed by atoms with van der Waals surface area (Å²) in [7, 11) is -0.417. The lowest BCUT2D eigenvalue weighted by Gasteiger charge is -2.48. The smallest absolute Gasteiger partial charge is 0.305 e. The third-order valence-electron chi connectivity index (χ3n) is 11.3. The Morgan fingerprint density at radius 3 is 2.38 bits per heavy atom. The van der Waals surface area contributed by atoms with Crippen molar-refractivity contribution in [3.8, 4) is 6.07 Å². The van der Waals surface area contributed by atoms with Crippen LogP contribution in [-0.4, -0.2) is 68.9 Å². The molecule has 0 radical (unpaired) electrons. The van der Waals surface area contributed by atoms with E-state index in [0.717, 1.165) is 76.9 Å². The third-order valence-corrected chi connectivity index (χ3v) is 13.0. The van der Waals surface area contributed by atoms with Gasteiger partial charge in [-0.15, -0.1) is 0 Å². The first kappa shape index (κ1) is 34.2. The number of ether oxygens (including phenoxy) is 1. The molecule has 10 heteroatoms. The van der Waals surface area contributed by atoms with Gasteiger partial charge in [-0.1, -0.05) is 56.0 Å². The summed E-state index contributed by atoms with van der Waals surface area (Å²) in [4.78, 5) is 17.1. The number of nitriles is 1. The van der Waals surface area contributed by atoms with Crippen LogP contribution in [0.1, 0.15) is 63.4 Å². The average molecular weight is 672 g/mol. The number of methoxy groups -OCH3 is 1. The molecule has 48 heavy (non-hydrogen) atoms. The second kappa shape index (κ2) is 14.8. The maximum absolute atomic E-state index is 12.9. The Morgan fingerprint density at radius 2 is 1.73 bits per heavy atom. The Kier molecular flexibility index (Phi) is 10.6. The number of anilines is 1. The first-order chi connectivity index (χ1) is 23.2. The normalized spacial score (nSPS) is 22.1. The molecule has 3 atom stereocenters. The molecular weight excluding hydrogens is 623 g/mol. The molecule has 256 valence electrons. The molecule has 9 nitrogen and oxygen atoms in total. The van der Waals surface area contributed by atoms with Gasteiger partial charge in [0.1, 0.15) is 4.90 Å². The highest BCUT2D eigenvalue weighted by Crippen LogP contribution is 2.53. The lowest BCUT2D eigenvalue weighted by atomic mass is 9.58. The Labute approximate surface area is 285 Å². The number of nitrogens with zero attached hydrogens (tertiary/aromatic N) is 5. The van der Waals surface area contributed by atoms with Crippen molar-refractivity contribution in [3.63, 3.8) is 0 Å². The molecule has 6 rings (SSSR count). The van der Waals surface area contributed by atoms with Crippen molar-refractivity contribution in [1.82, 2.24) is 14.7 Å². The fourth-order valence-electron chi connectivity index (χ4n) is 8.81. The van der Waals surface area contributed by atoms with Crippen molar-refractivity contribution in [2.75, 3.05) is 44.7 Å². The molecule has 3 aromatic rings. The van der Waals surface area contributed by atoms with Gasteiger partial charge in [0.05, 0.1) is 29.7 Å². The molecule has 0 spiro atoms. The topological polar surface area (TPSA) is 109 Å². The van der Waals surface area contributed by atoms with E-state index in [-0.39, 0.29) is 15.8 Å². The zero-order valence-electron chi connectivity index (χ0n) is 28.3. The largest absolute Gasteiger partial charge is 0.469 e. The second-order valence-electron chi connectivity index (χ2n) is 14.2. The summed E-state index contributed by atoms with van der Waals surface area (Å²) in [5.41, 5.74) is 1.75. The van der Waals surface area contributed by atoms with Crippen LogP contribution in [0.15, 0.2) is 76.8 Å². The molecule has 2 aliphatic heterocycles. The number of carbonyl (C=O) groups excluding carboxylic acids is 1. The summed E-state index contributed by atoms with van der Waals surface area (Å²) in [5, 5.41) is 15.1. The van der Waals surface area contributed by atoms with Crippen LogP contribution in [0, 0.1) is 35.0 Å². The number of likely N-dealkylation sites (tertiary alicyclic amines) is 1. The fraction of sp³-hybridized carbons (Fsp3) is 0.553. The molecule has 2 aromatic carbocycles. The van der Waals surface area contributed by atoms with Crippen LogP contribution in [0.2, 0.25) is 0 Å². The van der Waals surface area contributed by atoms with Gasteiger partial charge in [0.15, 0.2) is 0 Å². The van der Waals surface area contributed by atoms with Crippen LogP contribution in [0.4, 0.5) is 5.69 Å². The summed E-state index contributed by atoms with van der Waals surface area (Å²) in [6.45, 7) is 4.98. The van der Waals surface area contributed by atoms with Crippen LogP contribution in [-0.2, 0) is 31.8 Å². The quantitative estimate of drug-likeness (QED) is 0.161. The number of hydrogen-bond donors (Lipinski definition) is 0. The standard InChI is InChI=1S/C38H49N5O4S/c1-41-27-35(23-40-41)48(45,46)34-17-15-33(16-18-34)43-25-29(26-43)24-42-21-19-32(20-22-42)38(28-39,31-11-4-3-5-12-31)36-13-8-10-30(36)9-6-7-14-37(44)47-2/h3-5,11-12,15-18,23,27,29-30,32,36H,6-10,13-14,19-22,24-26H2,1-2H3/t30-,36-,38?/m1/s1. The van der Waals surface area contributed by atoms with Gasteiger partial charge in [0.2, 0.25) is 9.84 Å². The molecule has 3 fully saturated rings. The van der Waals surface area contributed by atoms with E-state index in [1.807, 2.05) is 18.2 Å². The van der Waals surface area contributed by atoms with Crippen molar-refractivity contribution in [2.45, 2.75) is 73.0 Å². The molecule has 3 heterocycles. The lowest BCUT2D eigenvalue weighted by molar-refractivity contribution is -0.140. The van der Waals surface area contributed by atoms with Gasteiger partial charge in [0.25, 0.3) is 0 Å². The molecule has 1 aromatic heterocycles. The second-order valence-corrected chi connectivity index (χ2v) is 16.1. The van der Waals surface area contributed by atoms with Crippen molar-refractivity contribution < 1.29 is 17.9 Å². The number of carbonyl (C=O) groups is 1. The Hall–Kier alpha value is -3.68. The van der Waals surface area contributed by atoms with Gasteiger partial charge in [0, 0.05) is 50.9 Å². The highest BCUT2D eigenvalue weighted by Gasteiger charge is 2.51. The Balaban J connectivity index is 1.04. The lowest BCUT2D eigenvalue weighted by Crippen LogP contribution is -2.54.